The van der Waals surface area contributed by atoms with E-state index in [2.05, 4.69) is 10.2 Å². The predicted octanol–water partition coefficient (Wildman–Crippen LogP) is 2.02. The molecule has 1 amide bonds. The highest BCUT2D eigenvalue weighted by atomic mass is 16.2. The molecule has 3 nitrogen and oxygen atoms in total. The SMILES string of the molecule is O=C(N[C@H]1CCN(CC2CC2)C1)[C@@H]1C[C@H]2CC[C@H]1C2. The lowest BCUT2D eigenvalue weighted by molar-refractivity contribution is -0.127. The van der Waals surface area contributed by atoms with Gasteiger partial charge in [-0.15, -0.1) is 0 Å². The molecule has 1 aliphatic heterocycles. The third-order valence-electron chi connectivity index (χ3n) is 5.91. The molecule has 3 aliphatic carbocycles. The van der Waals surface area contributed by atoms with E-state index in [1.54, 1.807) is 0 Å². The summed E-state index contributed by atoms with van der Waals surface area (Å²) in [5.74, 6) is 3.30. The van der Waals surface area contributed by atoms with Crippen LogP contribution in [-0.4, -0.2) is 36.5 Å². The molecule has 0 aromatic rings. The van der Waals surface area contributed by atoms with Crippen molar-refractivity contribution in [1.82, 2.24) is 10.2 Å². The number of rotatable bonds is 4. The van der Waals surface area contributed by atoms with Gasteiger partial charge in [-0.3, -0.25) is 4.79 Å². The fourth-order valence-electron chi connectivity index (χ4n) is 4.66. The zero-order valence-corrected chi connectivity index (χ0v) is 11.8. The van der Waals surface area contributed by atoms with Gasteiger partial charge in [0.25, 0.3) is 0 Å². The maximum absolute atomic E-state index is 12.4. The number of nitrogens with zero attached hydrogens (tertiary/aromatic N) is 1. The Morgan fingerprint density at radius 2 is 2.00 bits per heavy atom. The van der Waals surface area contributed by atoms with E-state index in [0.717, 1.165) is 18.4 Å². The summed E-state index contributed by atoms with van der Waals surface area (Å²) in [5.41, 5.74) is 0. The van der Waals surface area contributed by atoms with Gasteiger partial charge >= 0.3 is 0 Å². The average molecular weight is 262 g/mol. The number of likely N-dealkylation sites (tertiary alicyclic amines) is 1. The van der Waals surface area contributed by atoms with E-state index in [4.69, 9.17) is 0 Å². The lowest BCUT2D eigenvalue weighted by Crippen LogP contribution is -2.42. The molecule has 0 spiro atoms. The molecule has 4 atom stereocenters. The van der Waals surface area contributed by atoms with E-state index in [-0.39, 0.29) is 0 Å². The Hall–Kier alpha value is -0.570. The molecule has 4 aliphatic rings. The number of nitrogens with one attached hydrogen (secondary N) is 1. The zero-order valence-electron chi connectivity index (χ0n) is 11.8. The lowest BCUT2D eigenvalue weighted by Gasteiger charge is -2.23. The van der Waals surface area contributed by atoms with Crippen molar-refractivity contribution >= 4 is 5.91 Å². The molecular formula is C16H26N2O. The number of fused-ring (bicyclic) bond motifs is 2. The normalized spacial score (nSPS) is 41.9. The summed E-state index contributed by atoms with van der Waals surface area (Å²) in [4.78, 5) is 15.0. The number of hydrogen-bond donors (Lipinski definition) is 1. The van der Waals surface area contributed by atoms with Crippen LogP contribution in [0.15, 0.2) is 0 Å². The molecule has 4 rings (SSSR count). The van der Waals surface area contributed by atoms with Gasteiger partial charge < -0.3 is 10.2 Å². The Labute approximate surface area is 116 Å². The van der Waals surface area contributed by atoms with Crippen molar-refractivity contribution in [1.29, 1.82) is 0 Å². The summed E-state index contributed by atoms with van der Waals surface area (Å²) in [7, 11) is 0. The van der Waals surface area contributed by atoms with Crippen LogP contribution in [-0.2, 0) is 4.79 Å². The second kappa shape index (κ2) is 4.76. The first-order valence-electron chi connectivity index (χ1n) is 8.30. The first-order chi connectivity index (χ1) is 9.28. The highest BCUT2D eigenvalue weighted by Gasteiger charge is 2.43. The number of hydrogen-bond acceptors (Lipinski definition) is 2. The van der Waals surface area contributed by atoms with Gasteiger partial charge in [-0.05, 0) is 56.3 Å². The van der Waals surface area contributed by atoms with Crippen LogP contribution >= 0.6 is 0 Å². The van der Waals surface area contributed by atoms with Gasteiger partial charge in [0.15, 0.2) is 0 Å². The molecule has 1 saturated heterocycles. The standard InChI is InChI=1S/C16H26N2O/c19-16(15-8-12-3-4-13(15)7-12)17-14-5-6-18(10-14)9-11-1-2-11/h11-15H,1-10H2,(H,17,19)/t12-,13-,14-,15+/m0/s1. The van der Waals surface area contributed by atoms with Crippen molar-refractivity contribution in [2.75, 3.05) is 19.6 Å². The summed E-state index contributed by atoms with van der Waals surface area (Å²) < 4.78 is 0. The fraction of sp³-hybridized carbons (Fsp3) is 0.938. The quantitative estimate of drug-likeness (QED) is 0.840. The van der Waals surface area contributed by atoms with Crippen LogP contribution in [0.4, 0.5) is 0 Å². The molecule has 0 aromatic heterocycles. The van der Waals surface area contributed by atoms with Crippen LogP contribution in [0.2, 0.25) is 0 Å². The van der Waals surface area contributed by atoms with E-state index < -0.39 is 0 Å². The predicted molar refractivity (Wildman–Crippen MR) is 74.6 cm³/mol. The molecular weight excluding hydrogens is 236 g/mol. The molecule has 0 aromatic carbocycles. The highest BCUT2D eigenvalue weighted by Crippen LogP contribution is 2.48. The summed E-state index contributed by atoms with van der Waals surface area (Å²) in [6.45, 7) is 3.57. The van der Waals surface area contributed by atoms with E-state index in [9.17, 15) is 4.79 Å². The molecule has 3 saturated carbocycles. The van der Waals surface area contributed by atoms with Gasteiger partial charge in [0.2, 0.25) is 5.91 Å². The van der Waals surface area contributed by atoms with Crippen LogP contribution < -0.4 is 5.32 Å². The minimum Gasteiger partial charge on any atom is -0.352 e. The maximum atomic E-state index is 12.4. The van der Waals surface area contributed by atoms with Crippen molar-refractivity contribution < 1.29 is 4.79 Å². The second-order valence-electron chi connectivity index (χ2n) is 7.48. The third kappa shape index (κ3) is 2.54. The van der Waals surface area contributed by atoms with E-state index in [1.165, 1.54) is 58.0 Å². The fourth-order valence-corrected chi connectivity index (χ4v) is 4.66. The second-order valence-corrected chi connectivity index (χ2v) is 7.48. The molecule has 1 heterocycles. The van der Waals surface area contributed by atoms with Gasteiger partial charge in [-0.1, -0.05) is 6.42 Å². The molecule has 4 fully saturated rings. The minimum atomic E-state index is 0.358. The zero-order chi connectivity index (χ0) is 12.8. The Kier molecular flexibility index (Phi) is 3.06. The van der Waals surface area contributed by atoms with E-state index in [1.807, 2.05) is 0 Å². The topological polar surface area (TPSA) is 32.3 Å². The molecule has 19 heavy (non-hydrogen) atoms. The van der Waals surface area contributed by atoms with Gasteiger partial charge in [0, 0.05) is 31.6 Å². The van der Waals surface area contributed by atoms with Gasteiger partial charge in [-0.2, -0.15) is 0 Å². The van der Waals surface area contributed by atoms with Gasteiger partial charge in [0.1, 0.15) is 0 Å². The molecule has 0 radical (unpaired) electrons. The molecule has 106 valence electrons. The lowest BCUT2D eigenvalue weighted by atomic mass is 9.88. The van der Waals surface area contributed by atoms with E-state index >= 15 is 0 Å². The monoisotopic (exact) mass is 262 g/mol. The third-order valence-corrected chi connectivity index (χ3v) is 5.91. The Morgan fingerprint density at radius 3 is 2.68 bits per heavy atom. The van der Waals surface area contributed by atoms with Crippen LogP contribution in [0.25, 0.3) is 0 Å². The minimum absolute atomic E-state index is 0.358. The number of carbonyl (C=O) groups excluding carboxylic acids is 1. The highest BCUT2D eigenvalue weighted by molar-refractivity contribution is 5.79. The molecule has 0 unspecified atom stereocenters. The smallest absolute Gasteiger partial charge is 0.223 e. The maximum Gasteiger partial charge on any atom is 0.223 e. The average Bonchev–Trinajstić information content (AvgIpc) is 2.81. The number of carbonyl (C=O) groups is 1. The van der Waals surface area contributed by atoms with Crippen LogP contribution in [0.5, 0.6) is 0 Å². The van der Waals surface area contributed by atoms with Crippen molar-refractivity contribution in [3.8, 4) is 0 Å². The summed E-state index contributed by atoms with van der Waals surface area (Å²) >= 11 is 0. The van der Waals surface area contributed by atoms with Crippen LogP contribution in [0.3, 0.4) is 0 Å². The van der Waals surface area contributed by atoms with Crippen molar-refractivity contribution in [3.63, 3.8) is 0 Å². The first kappa shape index (κ1) is 12.2. The van der Waals surface area contributed by atoms with Crippen LogP contribution in [0, 0.1) is 23.7 Å². The summed E-state index contributed by atoms with van der Waals surface area (Å²) in [6.07, 6.45) is 9.22. The molecule has 2 bridgehead atoms. The Bertz CT molecular complexity index is 366. The summed E-state index contributed by atoms with van der Waals surface area (Å²) in [6, 6.07) is 0.436. The van der Waals surface area contributed by atoms with E-state index in [0.29, 0.717) is 23.8 Å². The van der Waals surface area contributed by atoms with Crippen LogP contribution in [0.1, 0.15) is 44.9 Å². The first-order valence-corrected chi connectivity index (χ1v) is 8.30. The summed E-state index contributed by atoms with van der Waals surface area (Å²) in [5, 5.41) is 3.35. The largest absolute Gasteiger partial charge is 0.352 e. The molecule has 1 N–H and O–H groups in total. The molecule has 3 heteroatoms. The van der Waals surface area contributed by atoms with Crippen molar-refractivity contribution in [2.45, 2.75) is 51.0 Å². The van der Waals surface area contributed by atoms with Gasteiger partial charge in [-0.25, -0.2) is 0 Å². The van der Waals surface area contributed by atoms with Crippen molar-refractivity contribution in [3.05, 3.63) is 0 Å². The number of amides is 1. The Balaban J connectivity index is 1.26. The van der Waals surface area contributed by atoms with Crippen molar-refractivity contribution in [2.24, 2.45) is 23.7 Å². The van der Waals surface area contributed by atoms with Gasteiger partial charge in [0.05, 0.1) is 0 Å². The Morgan fingerprint density at radius 1 is 1.11 bits per heavy atom.